The van der Waals surface area contributed by atoms with Crippen molar-refractivity contribution < 1.29 is 210 Å². The molecule has 0 aliphatic rings. The Balaban J connectivity index is 8.76. The average Bonchev–Trinajstić information content (AvgIpc) is 0.815. The third-order valence-electron chi connectivity index (χ3n) is 18.0. The van der Waals surface area contributed by atoms with Crippen LogP contribution in [0.3, 0.4) is 0 Å². The molecule has 0 N–H and O–H groups in total. The fourth-order valence-electron chi connectivity index (χ4n) is 8.88. The van der Waals surface area contributed by atoms with Crippen molar-refractivity contribution in [1.29, 1.82) is 0 Å². The predicted molar refractivity (Wildman–Crippen MR) is 445 cm³/mol. The quantitative estimate of drug-likeness (QED) is 0.0365. The maximum absolute atomic E-state index is 14.9. The van der Waals surface area contributed by atoms with E-state index in [2.05, 4.69) is 78.9 Å². The van der Waals surface area contributed by atoms with Gasteiger partial charge in [0.05, 0.1) is 0 Å². The van der Waals surface area contributed by atoms with Crippen LogP contribution in [0, 0.1) is 54.1 Å². The molecule has 0 aliphatic carbocycles. The minimum Gasteiger partial charge on any atom is -0.464 e. The summed E-state index contributed by atoms with van der Waals surface area (Å²) >= 11 is 0. The Kier molecular flexibility index (Phi) is 49.0. The van der Waals surface area contributed by atoms with Gasteiger partial charge in [0.2, 0.25) is 0 Å². The van der Waals surface area contributed by atoms with E-state index in [-0.39, 0.29) is 0 Å². The summed E-state index contributed by atoms with van der Waals surface area (Å²) < 4.78 is 117. The van der Waals surface area contributed by atoms with Gasteiger partial charge in [-0.3, -0.25) is 47.9 Å². The number of hydrogen-bond donors (Lipinski definition) is 0. The average molecular weight is 1870 g/mol. The Labute approximate surface area is 758 Å². The Bertz CT molecular complexity index is 3780. The van der Waals surface area contributed by atoms with Crippen LogP contribution < -0.4 is 0 Å². The molecule has 0 amide bonds. The minimum absolute atomic E-state index is 0.654. The smallest absolute Gasteiger partial charge is 0.330 e. The van der Waals surface area contributed by atoms with Crippen molar-refractivity contribution in [3.05, 3.63) is 152 Å². The topological polar surface area (TPSA) is 579 Å². The molecule has 0 fully saturated rings. The molecule has 0 aromatic carbocycles. The number of rotatable bonds is 65. The normalized spacial score (nSPS) is 13.6. The number of ether oxygens (including phenoxy) is 22. The third kappa shape index (κ3) is 39.0. The van der Waals surface area contributed by atoms with Gasteiger partial charge in [-0.15, -0.1) is 0 Å². The van der Waals surface area contributed by atoms with Crippen LogP contribution in [0.25, 0.3) is 0 Å². The molecule has 726 valence electrons. The molecule has 44 heteroatoms. The summed E-state index contributed by atoms with van der Waals surface area (Å²) in [4.78, 5) is 293. The second-order valence-electron chi connectivity index (χ2n) is 31.2. The van der Waals surface area contributed by atoms with Crippen LogP contribution >= 0.6 is 0 Å². The van der Waals surface area contributed by atoms with Gasteiger partial charge in [-0.1, -0.05) is 78.9 Å². The van der Waals surface area contributed by atoms with Crippen molar-refractivity contribution in [3.63, 3.8) is 0 Å². The molecule has 0 saturated heterocycles. The zero-order valence-electron chi connectivity index (χ0n) is 74.9. The van der Waals surface area contributed by atoms with Gasteiger partial charge in [-0.05, 0) is 69.2 Å². The van der Waals surface area contributed by atoms with Crippen LogP contribution in [0.5, 0.6) is 0 Å². The molecule has 0 aliphatic heterocycles. The Morgan fingerprint density at radius 2 is 0.205 bits per heavy atom. The Morgan fingerprint density at radius 1 is 0.136 bits per heavy atom. The molecule has 0 bridgehead atoms. The lowest BCUT2D eigenvalue weighted by Gasteiger charge is -2.33. The van der Waals surface area contributed by atoms with Crippen molar-refractivity contribution in [2.75, 3.05) is 145 Å². The molecule has 0 radical (unpaired) electrons. The second kappa shape index (κ2) is 55.2. The van der Waals surface area contributed by atoms with Crippen LogP contribution in [0.4, 0.5) is 0 Å². The van der Waals surface area contributed by atoms with E-state index in [4.69, 9.17) is 104 Å². The van der Waals surface area contributed by atoms with E-state index < -0.39 is 331 Å². The van der Waals surface area contributed by atoms with Crippen molar-refractivity contribution in [2.45, 2.75) is 69.2 Å². The van der Waals surface area contributed by atoms with Gasteiger partial charge >= 0.3 is 131 Å². The van der Waals surface area contributed by atoms with E-state index in [1.54, 1.807) is 0 Å². The highest BCUT2D eigenvalue weighted by atomic mass is 16.6. The summed E-state index contributed by atoms with van der Waals surface area (Å²) in [5, 5.41) is 0. The standard InChI is InChI=1S/C88H110O44/c1-23-57(89)113-37-79(13,38-114-58(90)24-2)71(103)125-49-83(17,45-121-65(97)31-9)75(107)129-53-87(21,54-130-76(108)84(18,46-122-66(98)32-10)50-126-72(104)80(14,39-115-59(91)25-3)40-116-60(92)26-4)69(101)111-35-36-112-70(102)88(22,55-131-77(109)85(19,47-123-67(99)33-11)51-127-73(105)81(15,41-117-61(93)27-5)42-118-62(94)28-6)56-132-78(110)86(20,48-124-68(100)34-12)52-128-74(106)82(16,43-119-63(95)29-7)44-120-64(96)30-8/h23-34H,1-12,35-56H2,13-22H3. The van der Waals surface area contributed by atoms with Gasteiger partial charge in [0, 0.05) is 72.9 Å². The second-order valence-corrected chi connectivity index (χ2v) is 31.2. The summed E-state index contributed by atoms with van der Waals surface area (Å²) in [5.74, 6) is -27.9. The highest BCUT2D eigenvalue weighted by Gasteiger charge is 2.52. The molecule has 4 unspecified atom stereocenters. The molecule has 44 nitrogen and oxygen atoms in total. The van der Waals surface area contributed by atoms with E-state index in [0.29, 0.717) is 24.3 Å². The monoisotopic (exact) mass is 1870 g/mol. The van der Waals surface area contributed by atoms with Crippen LogP contribution in [-0.4, -0.2) is 277 Å². The van der Waals surface area contributed by atoms with Crippen LogP contribution in [0.2, 0.25) is 0 Å². The van der Waals surface area contributed by atoms with E-state index >= 15 is 0 Å². The molecule has 0 rings (SSSR count). The fraction of sp³-hybridized carbons (Fsp3) is 0.477. The fourth-order valence-corrected chi connectivity index (χ4v) is 8.88. The van der Waals surface area contributed by atoms with E-state index in [0.717, 1.165) is 118 Å². The van der Waals surface area contributed by atoms with Crippen molar-refractivity contribution in [2.24, 2.45) is 54.1 Å². The van der Waals surface area contributed by atoms with Crippen molar-refractivity contribution >= 4 is 131 Å². The molecule has 4 atom stereocenters. The molecular weight excluding hydrogens is 1760 g/mol. The summed E-state index contributed by atoms with van der Waals surface area (Å²) in [7, 11) is 0. The molecule has 0 heterocycles. The first kappa shape index (κ1) is 117. The van der Waals surface area contributed by atoms with E-state index in [1.807, 2.05) is 0 Å². The van der Waals surface area contributed by atoms with Gasteiger partial charge in [0.15, 0.2) is 0 Å². The Morgan fingerprint density at radius 3 is 0.280 bits per heavy atom. The molecule has 0 saturated carbocycles. The highest BCUT2D eigenvalue weighted by molar-refractivity contribution is 5.91. The zero-order valence-corrected chi connectivity index (χ0v) is 74.9. The SMILES string of the molecule is C=CC(=O)OCC(C)(COC(=O)C=C)C(=O)OCC(C)(COC(=O)C=C)C(=O)OCC(C)(COC(=O)C(C)(COC(=O)C=C)COC(=O)C(C)(COC(=O)C=C)COC(=O)C=C)C(=O)OCCOC(=O)C(C)(COC(=O)C(C)(COC(=O)C=C)COC(=O)C(C)(COC(=O)C=C)COC(=O)C=C)COC(=O)C(C)(COC(=O)C=C)COC(=O)C(C)(COC(=O)C=C)COC(=O)C=C. The van der Waals surface area contributed by atoms with Gasteiger partial charge < -0.3 is 104 Å². The highest BCUT2D eigenvalue weighted by Crippen LogP contribution is 2.35. The van der Waals surface area contributed by atoms with Gasteiger partial charge in [0.1, 0.15) is 200 Å². The lowest BCUT2D eigenvalue weighted by atomic mass is 9.89. The van der Waals surface area contributed by atoms with Crippen molar-refractivity contribution in [3.8, 4) is 0 Å². The number of carbonyl (C=O) groups excluding carboxylic acids is 22. The van der Waals surface area contributed by atoms with Crippen LogP contribution in [0.15, 0.2) is 152 Å². The first-order chi connectivity index (χ1) is 61.5. The van der Waals surface area contributed by atoms with Gasteiger partial charge in [0.25, 0.3) is 0 Å². The zero-order chi connectivity index (χ0) is 101. The lowest BCUT2D eigenvalue weighted by Crippen LogP contribution is -2.48. The molecule has 0 aromatic heterocycles. The van der Waals surface area contributed by atoms with Crippen molar-refractivity contribution in [1.82, 2.24) is 0 Å². The number of carbonyl (C=O) groups is 22. The van der Waals surface area contributed by atoms with Gasteiger partial charge in [-0.2, -0.15) is 0 Å². The number of esters is 22. The summed E-state index contributed by atoms with van der Waals surface area (Å²) in [6.07, 6.45) is 8.41. The van der Waals surface area contributed by atoms with Crippen LogP contribution in [-0.2, 0) is 210 Å². The first-order valence-corrected chi connectivity index (χ1v) is 38.8. The largest absolute Gasteiger partial charge is 0.464 e. The Hall–Kier alpha value is -14.8. The molecule has 0 aromatic rings. The first-order valence-electron chi connectivity index (χ1n) is 38.8. The number of hydrogen-bond acceptors (Lipinski definition) is 44. The van der Waals surface area contributed by atoms with E-state index in [9.17, 15) is 105 Å². The van der Waals surface area contributed by atoms with Gasteiger partial charge in [-0.25, -0.2) is 57.5 Å². The van der Waals surface area contributed by atoms with Crippen LogP contribution in [0.1, 0.15) is 69.2 Å². The summed E-state index contributed by atoms with van der Waals surface area (Å²) in [5.41, 5.74) is -23.2. The minimum atomic E-state index is -2.62. The lowest BCUT2D eigenvalue weighted by molar-refractivity contribution is -0.190. The summed E-state index contributed by atoms with van der Waals surface area (Å²) in [6.45, 7) is 26.2. The molecule has 0 spiro atoms. The third-order valence-corrected chi connectivity index (χ3v) is 18.0. The maximum atomic E-state index is 14.9. The van der Waals surface area contributed by atoms with E-state index in [1.165, 1.54) is 0 Å². The predicted octanol–water partition coefficient (Wildman–Crippen LogP) is 3.23. The molecular formula is C88H110O44. The maximum Gasteiger partial charge on any atom is 0.330 e. The molecule has 132 heavy (non-hydrogen) atoms. The summed E-state index contributed by atoms with van der Waals surface area (Å²) in [6, 6.07) is 0.